The average Bonchev–Trinajstić information content (AvgIpc) is 2.30. The minimum atomic E-state index is -1.05. The fourth-order valence-corrected chi connectivity index (χ4v) is 1.25. The molecule has 0 aliphatic heterocycles. The van der Waals surface area contributed by atoms with Crippen molar-refractivity contribution >= 4 is 12.2 Å². The lowest BCUT2D eigenvalue weighted by Crippen LogP contribution is -2.39. The molecule has 0 bridgehead atoms. The third kappa shape index (κ3) is 4.31. The van der Waals surface area contributed by atoms with Gasteiger partial charge in [-0.3, -0.25) is 4.79 Å². The molecule has 0 saturated heterocycles. The van der Waals surface area contributed by atoms with Crippen LogP contribution in [0.15, 0.2) is 18.2 Å². The van der Waals surface area contributed by atoms with Crippen LogP contribution >= 0.6 is 0 Å². The van der Waals surface area contributed by atoms with Crippen LogP contribution in [-0.4, -0.2) is 29.1 Å². The van der Waals surface area contributed by atoms with Gasteiger partial charge in [-0.25, -0.2) is 13.5 Å². The molecule has 0 spiro atoms. The Bertz CT molecular complexity index is 513. The summed E-state index contributed by atoms with van der Waals surface area (Å²) in [5, 5.41) is 11.9. The van der Waals surface area contributed by atoms with E-state index in [1.54, 1.807) is 13.8 Å². The number of benzene rings is 1. The molecule has 0 amide bonds. The first-order valence-corrected chi connectivity index (χ1v) is 5.62. The number of halogens is 2. The summed E-state index contributed by atoms with van der Waals surface area (Å²) in [6.07, 6.45) is 0.998. The number of carbonyl (C=O) groups is 1. The number of carbonyl (C=O) groups excluding carboxylic acids is 1. The van der Waals surface area contributed by atoms with Gasteiger partial charge in [0.15, 0.2) is 12.8 Å². The van der Waals surface area contributed by atoms with Crippen LogP contribution in [0.1, 0.15) is 26.3 Å². The maximum atomic E-state index is 13.4. The number of hydrogen-bond donors (Lipinski definition) is 0. The Labute approximate surface area is 109 Å². The average molecular weight is 271 g/mol. The fourth-order valence-electron chi connectivity index (χ4n) is 1.25. The van der Waals surface area contributed by atoms with E-state index < -0.39 is 23.1 Å². The summed E-state index contributed by atoms with van der Waals surface area (Å²) in [6, 6.07) is 2.91. The van der Waals surface area contributed by atoms with Gasteiger partial charge in [-0.05, 0) is 12.1 Å². The minimum Gasteiger partial charge on any atom is -0.623 e. The van der Waals surface area contributed by atoms with Crippen molar-refractivity contribution < 1.29 is 23.1 Å². The van der Waals surface area contributed by atoms with Gasteiger partial charge in [0.2, 0.25) is 5.54 Å². The Morgan fingerprint density at radius 1 is 1.47 bits per heavy atom. The van der Waals surface area contributed by atoms with E-state index in [1.807, 2.05) is 0 Å². The van der Waals surface area contributed by atoms with E-state index in [0.29, 0.717) is 10.8 Å². The topological polar surface area (TPSA) is 52.4 Å². The summed E-state index contributed by atoms with van der Waals surface area (Å²) in [6.45, 7) is 4.18. The zero-order valence-electron chi connectivity index (χ0n) is 10.9. The number of hydrogen-bond acceptors (Lipinski definition) is 3. The van der Waals surface area contributed by atoms with Gasteiger partial charge in [0.25, 0.3) is 0 Å². The van der Waals surface area contributed by atoms with Gasteiger partial charge in [-0.15, -0.1) is 0 Å². The number of rotatable bonds is 4. The standard InChI is InChI=1S/C13H15F2NO3/c1-9(17)19-8-13(2,3)16(18)7-10-4-5-11(14)6-12(10)15/h4-7H,8H2,1-3H3. The molecule has 0 aromatic heterocycles. The maximum absolute atomic E-state index is 13.4. The third-order valence-corrected chi connectivity index (χ3v) is 2.44. The maximum Gasteiger partial charge on any atom is 0.302 e. The molecule has 0 saturated carbocycles. The van der Waals surface area contributed by atoms with Crippen molar-refractivity contribution in [2.75, 3.05) is 6.61 Å². The van der Waals surface area contributed by atoms with Crippen molar-refractivity contribution in [1.82, 2.24) is 0 Å². The van der Waals surface area contributed by atoms with Gasteiger partial charge in [0.1, 0.15) is 11.6 Å². The van der Waals surface area contributed by atoms with Crippen molar-refractivity contribution in [2.24, 2.45) is 0 Å². The lowest BCUT2D eigenvalue weighted by Gasteiger charge is -2.23. The summed E-state index contributed by atoms with van der Waals surface area (Å²) in [4.78, 5) is 10.7. The van der Waals surface area contributed by atoms with E-state index >= 15 is 0 Å². The second-order valence-corrected chi connectivity index (χ2v) is 4.71. The molecule has 19 heavy (non-hydrogen) atoms. The fraction of sp³-hybridized carbons (Fsp3) is 0.385. The second kappa shape index (κ2) is 5.77. The SMILES string of the molecule is CC(=O)OCC(C)(C)[N+]([O-])=Cc1ccc(F)cc1F. The Morgan fingerprint density at radius 3 is 2.63 bits per heavy atom. The molecule has 0 aliphatic carbocycles. The van der Waals surface area contributed by atoms with E-state index in [-0.39, 0.29) is 12.2 Å². The quantitative estimate of drug-likeness (QED) is 0.277. The summed E-state index contributed by atoms with van der Waals surface area (Å²) >= 11 is 0. The molecule has 0 fully saturated rings. The van der Waals surface area contributed by atoms with Gasteiger partial charge < -0.3 is 9.94 Å². The summed E-state index contributed by atoms with van der Waals surface area (Å²) in [7, 11) is 0. The Hall–Kier alpha value is -1.98. The molecule has 1 aromatic carbocycles. The van der Waals surface area contributed by atoms with Crippen LogP contribution < -0.4 is 0 Å². The molecule has 0 N–H and O–H groups in total. The molecule has 0 heterocycles. The van der Waals surface area contributed by atoms with Crippen LogP contribution in [0.3, 0.4) is 0 Å². The molecule has 104 valence electrons. The predicted molar refractivity (Wildman–Crippen MR) is 65.9 cm³/mol. The number of hydroxylamine groups is 1. The van der Waals surface area contributed by atoms with Gasteiger partial charge in [-0.2, -0.15) is 0 Å². The van der Waals surface area contributed by atoms with Crippen LogP contribution in [0.4, 0.5) is 8.78 Å². The summed E-state index contributed by atoms with van der Waals surface area (Å²) in [5.74, 6) is -2.05. The molecule has 0 radical (unpaired) electrons. The first-order chi connectivity index (χ1) is 8.72. The molecule has 0 atom stereocenters. The van der Waals surface area contributed by atoms with Crippen molar-refractivity contribution in [3.63, 3.8) is 0 Å². The van der Waals surface area contributed by atoms with Crippen LogP contribution in [0, 0.1) is 16.8 Å². The summed E-state index contributed by atoms with van der Waals surface area (Å²) < 4.78 is 31.4. The molecule has 6 heteroatoms. The third-order valence-electron chi connectivity index (χ3n) is 2.44. The lowest BCUT2D eigenvalue weighted by atomic mass is 10.1. The zero-order chi connectivity index (χ0) is 14.6. The molecular formula is C13H15F2NO3. The van der Waals surface area contributed by atoms with Crippen LogP contribution in [0.5, 0.6) is 0 Å². The van der Waals surface area contributed by atoms with E-state index in [0.717, 1.165) is 18.3 Å². The molecule has 1 aromatic rings. The summed E-state index contributed by atoms with van der Waals surface area (Å²) in [5.41, 5.74) is -1.08. The highest BCUT2D eigenvalue weighted by atomic mass is 19.1. The van der Waals surface area contributed by atoms with Crippen LogP contribution in [0.2, 0.25) is 0 Å². The highest BCUT2D eigenvalue weighted by Gasteiger charge is 2.28. The first-order valence-electron chi connectivity index (χ1n) is 5.62. The Morgan fingerprint density at radius 2 is 2.11 bits per heavy atom. The Kier molecular flexibility index (Phi) is 4.58. The smallest absolute Gasteiger partial charge is 0.302 e. The number of ether oxygens (including phenoxy) is 1. The number of nitrogens with zero attached hydrogens (tertiary/aromatic N) is 1. The minimum absolute atomic E-state index is 0.0349. The second-order valence-electron chi connectivity index (χ2n) is 4.71. The molecular weight excluding hydrogens is 256 g/mol. The van der Waals surface area contributed by atoms with E-state index in [1.165, 1.54) is 6.92 Å². The highest BCUT2D eigenvalue weighted by Crippen LogP contribution is 2.12. The highest BCUT2D eigenvalue weighted by molar-refractivity contribution is 5.76. The van der Waals surface area contributed by atoms with Gasteiger partial charge in [0, 0.05) is 26.8 Å². The Balaban J connectivity index is 2.93. The zero-order valence-corrected chi connectivity index (χ0v) is 10.9. The van der Waals surface area contributed by atoms with E-state index in [9.17, 15) is 18.8 Å². The van der Waals surface area contributed by atoms with Gasteiger partial charge in [0.05, 0.1) is 5.56 Å². The first kappa shape index (κ1) is 15.1. The van der Waals surface area contributed by atoms with Crippen molar-refractivity contribution in [1.29, 1.82) is 0 Å². The van der Waals surface area contributed by atoms with E-state index in [4.69, 9.17) is 4.74 Å². The van der Waals surface area contributed by atoms with Crippen LogP contribution in [-0.2, 0) is 9.53 Å². The van der Waals surface area contributed by atoms with Gasteiger partial charge >= 0.3 is 5.97 Å². The molecule has 0 unspecified atom stereocenters. The van der Waals surface area contributed by atoms with Crippen molar-refractivity contribution in [3.8, 4) is 0 Å². The van der Waals surface area contributed by atoms with Gasteiger partial charge in [-0.1, -0.05) is 0 Å². The van der Waals surface area contributed by atoms with Crippen molar-refractivity contribution in [3.05, 3.63) is 40.6 Å². The normalized spacial score (nSPS) is 12.4. The predicted octanol–water partition coefficient (Wildman–Crippen LogP) is 2.24. The monoisotopic (exact) mass is 271 g/mol. The van der Waals surface area contributed by atoms with Crippen LogP contribution in [0.25, 0.3) is 0 Å². The molecule has 0 aliphatic rings. The van der Waals surface area contributed by atoms with Crippen molar-refractivity contribution in [2.45, 2.75) is 26.3 Å². The largest absolute Gasteiger partial charge is 0.623 e. The van der Waals surface area contributed by atoms with E-state index in [2.05, 4.69) is 0 Å². The lowest BCUT2D eigenvalue weighted by molar-refractivity contribution is -0.539. The molecule has 1 rings (SSSR count). The molecule has 4 nitrogen and oxygen atoms in total. The number of esters is 1.